The molecule has 1 heterocycles. The monoisotopic (exact) mass is 304 g/mol. The second-order valence-electron chi connectivity index (χ2n) is 4.20. The maximum Gasteiger partial charge on any atom is 0.240 e. The third-order valence-electron chi connectivity index (χ3n) is 3.03. The Morgan fingerprint density at radius 3 is 3.05 bits per heavy atom. The first-order valence-corrected chi connectivity index (χ1v) is 6.39. The van der Waals surface area contributed by atoms with Crippen molar-refractivity contribution in [3.05, 3.63) is 28.8 Å². The van der Waals surface area contributed by atoms with Crippen LogP contribution < -0.4 is 10.2 Å². The van der Waals surface area contributed by atoms with Crippen molar-refractivity contribution in [2.24, 2.45) is 0 Å². The summed E-state index contributed by atoms with van der Waals surface area (Å²) < 4.78 is 4.92. The zero-order valence-corrected chi connectivity index (χ0v) is 12.4. The van der Waals surface area contributed by atoms with E-state index in [0.717, 1.165) is 22.7 Å². The molecule has 19 heavy (non-hydrogen) atoms. The Hall–Kier alpha value is -0.810. The number of nitrogens with zero attached hydrogens (tertiary/aromatic N) is 1. The lowest BCUT2D eigenvalue weighted by atomic mass is 10.2. The second kappa shape index (κ2) is 7.70. The second-order valence-corrected chi connectivity index (χ2v) is 4.61. The molecule has 0 atom stereocenters. The summed E-state index contributed by atoms with van der Waals surface area (Å²) in [5.41, 5.74) is 2.02. The Morgan fingerprint density at radius 2 is 2.32 bits per heavy atom. The van der Waals surface area contributed by atoms with E-state index in [1.165, 1.54) is 0 Å². The predicted octanol–water partition coefficient (Wildman–Crippen LogP) is 1.89. The van der Waals surface area contributed by atoms with Crippen LogP contribution in [-0.4, -0.2) is 39.3 Å². The van der Waals surface area contributed by atoms with E-state index in [1.54, 1.807) is 12.0 Å². The van der Waals surface area contributed by atoms with Crippen LogP contribution in [0.3, 0.4) is 0 Å². The van der Waals surface area contributed by atoms with Crippen LogP contribution in [0.1, 0.15) is 5.56 Å². The van der Waals surface area contributed by atoms with Gasteiger partial charge in [0.2, 0.25) is 5.91 Å². The first-order valence-electron chi connectivity index (χ1n) is 6.01. The highest BCUT2D eigenvalue weighted by Gasteiger charge is 2.25. The molecule has 2 rings (SSSR count). The molecule has 0 spiro atoms. The van der Waals surface area contributed by atoms with Crippen molar-refractivity contribution >= 4 is 35.6 Å². The summed E-state index contributed by atoms with van der Waals surface area (Å²) in [5.74, 6) is 0.0760. The summed E-state index contributed by atoms with van der Waals surface area (Å²) in [4.78, 5) is 13.9. The molecule has 1 aliphatic heterocycles. The summed E-state index contributed by atoms with van der Waals surface area (Å²) in [7, 11) is 1.64. The molecule has 0 unspecified atom stereocenters. The van der Waals surface area contributed by atoms with Crippen molar-refractivity contribution < 1.29 is 9.53 Å². The summed E-state index contributed by atoms with van der Waals surface area (Å²) in [5, 5.41) is 3.80. The van der Waals surface area contributed by atoms with Crippen LogP contribution in [-0.2, 0) is 16.0 Å². The largest absolute Gasteiger partial charge is 0.383 e. The molecule has 0 saturated heterocycles. The fourth-order valence-electron chi connectivity index (χ4n) is 2.12. The molecular formula is C13H18Cl2N2O2. The number of carbonyl (C=O) groups excluding carboxylic acids is 1. The average Bonchev–Trinajstić information content (AvgIpc) is 2.80. The van der Waals surface area contributed by atoms with Gasteiger partial charge in [0.15, 0.2) is 0 Å². The highest BCUT2D eigenvalue weighted by atomic mass is 35.5. The number of methoxy groups -OCH3 is 1. The third kappa shape index (κ3) is 3.83. The minimum absolute atomic E-state index is 0. The van der Waals surface area contributed by atoms with Crippen LogP contribution in [0.15, 0.2) is 18.2 Å². The van der Waals surface area contributed by atoms with Gasteiger partial charge in [-0.25, -0.2) is 0 Å². The van der Waals surface area contributed by atoms with Crippen molar-refractivity contribution in [2.45, 2.75) is 6.42 Å². The molecule has 0 aromatic heterocycles. The molecule has 1 N–H and O–H groups in total. The van der Waals surface area contributed by atoms with Gasteiger partial charge in [-0.15, -0.1) is 12.4 Å². The van der Waals surface area contributed by atoms with E-state index < -0.39 is 0 Å². The number of ether oxygens (including phenoxy) is 1. The van der Waals surface area contributed by atoms with Gasteiger partial charge in [-0.2, -0.15) is 0 Å². The normalized spacial score (nSPS) is 13.1. The van der Waals surface area contributed by atoms with E-state index in [-0.39, 0.29) is 18.3 Å². The summed E-state index contributed by atoms with van der Waals surface area (Å²) in [6, 6.07) is 5.69. The number of rotatable bonds is 5. The Bertz CT molecular complexity index is 441. The smallest absolute Gasteiger partial charge is 0.240 e. The predicted molar refractivity (Wildman–Crippen MR) is 79.5 cm³/mol. The van der Waals surface area contributed by atoms with Crippen molar-refractivity contribution in [2.75, 3.05) is 38.3 Å². The number of halogens is 2. The number of benzene rings is 1. The number of fused-ring (bicyclic) bond motifs is 1. The van der Waals surface area contributed by atoms with Gasteiger partial charge in [-0.05, 0) is 24.1 Å². The molecular weight excluding hydrogens is 287 g/mol. The van der Waals surface area contributed by atoms with Crippen LogP contribution in [0.4, 0.5) is 5.69 Å². The number of nitrogens with one attached hydrogen (secondary N) is 1. The third-order valence-corrected chi connectivity index (χ3v) is 3.38. The van der Waals surface area contributed by atoms with E-state index in [0.29, 0.717) is 26.2 Å². The van der Waals surface area contributed by atoms with E-state index in [2.05, 4.69) is 5.32 Å². The molecule has 106 valence electrons. The minimum Gasteiger partial charge on any atom is -0.383 e. The Kier molecular flexibility index (Phi) is 6.58. The summed E-state index contributed by atoms with van der Waals surface area (Å²) >= 11 is 6.12. The van der Waals surface area contributed by atoms with E-state index in [9.17, 15) is 4.79 Å². The lowest BCUT2D eigenvalue weighted by Gasteiger charge is -2.17. The standard InChI is InChI=1S/C13H17ClN2O2.ClH/c1-18-8-6-15-9-13(17)16-7-5-10-11(14)3-2-4-12(10)16;/h2-4,15H,5-9H2,1H3;1H. The topological polar surface area (TPSA) is 41.6 Å². The number of carbonyl (C=O) groups is 1. The molecule has 6 heteroatoms. The average molecular weight is 305 g/mol. The van der Waals surface area contributed by atoms with Crippen LogP contribution in [0, 0.1) is 0 Å². The lowest BCUT2D eigenvalue weighted by molar-refractivity contribution is -0.117. The molecule has 0 aliphatic carbocycles. The zero-order valence-electron chi connectivity index (χ0n) is 10.8. The summed E-state index contributed by atoms with van der Waals surface area (Å²) in [6.07, 6.45) is 0.832. The number of hydrogen-bond acceptors (Lipinski definition) is 3. The molecule has 0 bridgehead atoms. The maximum atomic E-state index is 12.1. The molecule has 0 saturated carbocycles. The van der Waals surface area contributed by atoms with Crippen molar-refractivity contribution in [1.29, 1.82) is 0 Å². The molecule has 1 aliphatic rings. The van der Waals surface area contributed by atoms with Gasteiger partial charge in [-0.1, -0.05) is 17.7 Å². The maximum absolute atomic E-state index is 12.1. The van der Waals surface area contributed by atoms with Crippen molar-refractivity contribution in [3.63, 3.8) is 0 Å². The van der Waals surface area contributed by atoms with Crippen molar-refractivity contribution in [3.8, 4) is 0 Å². The Balaban J connectivity index is 0.00000180. The minimum atomic E-state index is 0. The summed E-state index contributed by atoms with van der Waals surface area (Å²) in [6.45, 7) is 2.33. The van der Waals surface area contributed by atoms with E-state index in [1.807, 2.05) is 18.2 Å². The molecule has 1 aromatic rings. The van der Waals surface area contributed by atoms with Gasteiger partial charge in [0, 0.05) is 30.9 Å². The van der Waals surface area contributed by atoms with E-state index >= 15 is 0 Å². The molecule has 0 radical (unpaired) electrons. The van der Waals surface area contributed by atoms with Gasteiger partial charge < -0.3 is 15.0 Å². The highest BCUT2D eigenvalue weighted by molar-refractivity contribution is 6.32. The zero-order chi connectivity index (χ0) is 13.0. The van der Waals surface area contributed by atoms with Gasteiger partial charge in [0.05, 0.1) is 13.2 Å². The molecule has 4 nitrogen and oxygen atoms in total. The fourth-order valence-corrected chi connectivity index (χ4v) is 2.38. The lowest BCUT2D eigenvalue weighted by Crippen LogP contribution is -2.38. The van der Waals surface area contributed by atoms with Crippen LogP contribution in [0.5, 0.6) is 0 Å². The fraction of sp³-hybridized carbons (Fsp3) is 0.462. The van der Waals surface area contributed by atoms with Crippen LogP contribution >= 0.6 is 24.0 Å². The SMILES string of the molecule is COCCNCC(=O)N1CCc2c(Cl)cccc21.Cl. The molecule has 1 amide bonds. The van der Waals surface area contributed by atoms with E-state index in [4.69, 9.17) is 16.3 Å². The Morgan fingerprint density at radius 1 is 1.53 bits per heavy atom. The quantitative estimate of drug-likeness (QED) is 0.845. The Labute approximate surface area is 124 Å². The molecule has 0 fully saturated rings. The van der Waals surface area contributed by atoms with Gasteiger partial charge in [0.1, 0.15) is 0 Å². The van der Waals surface area contributed by atoms with Gasteiger partial charge >= 0.3 is 0 Å². The van der Waals surface area contributed by atoms with Crippen LogP contribution in [0.25, 0.3) is 0 Å². The highest BCUT2D eigenvalue weighted by Crippen LogP contribution is 2.33. The first-order chi connectivity index (χ1) is 8.74. The van der Waals surface area contributed by atoms with Gasteiger partial charge in [0.25, 0.3) is 0 Å². The number of anilines is 1. The van der Waals surface area contributed by atoms with Gasteiger partial charge in [-0.3, -0.25) is 4.79 Å². The number of hydrogen-bond donors (Lipinski definition) is 1. The van der Waals surface area contributed by atoms with Crippen molar-refractivity contribution in [1.82, 2.24) is 5.32 Å². The first kappa shape index (κ1) is 16.2. The van der Waals surface area contributed by atoms with Crippen LogP contribution in [0.2, 0.25) is 5.02 Å². The molecule has 1 aromatic carbocycles. The number of amides is 1.